The monoisotopic (exact) mass is 302 g/mol. The smallest absolute Gasteiger partial charge is 0.170 e. The average Bonchev–Trinajstić information content (AvgIpc) is 2.52. The largest absolute Gasteiger partial charge is 0.385 e. The van der Waals surface area contributed by atoms with E-state index in [2.05, 4.69) is 13.8 Å². The summed E-state index contributed by atoms with van der Waals surface area (Å²) in [5.74, 6) is 0.0378. The van der Waals surface area contributed by atoms with Gasteiger partial charge in [0.15, 0.2) is 5.79 Å². The van der Waals surface area contributed by atoms with Gasteiger partial charge in [0.25, 0.3) is 0 Å². The van der Waals surface area contributed by atoms with Crippen LogP contribution in [0.25, 0.3) is 0 Å². The number of unbranched alkanes of at least 4 members (excludes halogenated alkanes) is 5. The fourth-order valence-electron chi connectivity index (χ4n) is 3.22. The van der Waals surface area contributed by atoms with Crippen molar-refractivity contribution < 1.29 is 14.2 Å². The zero-order valence-electron chi connectivity index (χ0n) is 15.1. The average molecular weight is 302 g/mol. The molecule has 0 bridgehead atoms. The summed E-state index contributed by atoms with van der Waals surface area (Å²) in [6.07, 6.45) is 12.3. The van der Waals surface area contributed by atoms with Gasteiger partial charge in [-0.05, 0) is 25.7 Å². The number of hydrogen-bond acceptors (Lipinski definition) is 3. The molecular weight excluding hydrogens is 264 g/mol. The van der Waals surface area contributed by atoms with E-state index in [0.717, 1.165) is 25.9 Å². The lowest BCUT2D eigenvalue weighted by molar-refractivity contribution is -0.244. The van der Waals surface area contributed by atoms with Crippen molar-refractivity contribution in [2.45, 2.75) is 83.8 Å². The van der Waals surface area contributed by atoms with Gasteiger partial charge in [-0.3, -0.25) is 0 Å². The normalized spacial score (nSPS) is 13.6. The molecule has 0 saturated carbocycles. The topological polar surface area (TPSA) is 27.7 Å². The SMILES string of the molecule is CCCCCCCCC(CCCOC)C(CC)(OC)OC. The third-order valence-electron chi connectivity index (χ3n) is 4.61. The molecule has 128 valence electrons. The Morgan fingerprint density at radius 3 is 1.86 bits per heavy atom. The first-order valence-corrected chi connectivity index (χ1v) is 8.79. The van der Waals surface area contributed by atoms with Crippen LogP contribution in [0, 0.1) is 5.92 Å². The summed E-state index contributed by atoms with van der Waals surface area (Å²) >= 11 is 0. The molecule has 0 saturated heterocycles. The number of hydrogen-bond donors (Lipinski definition) is 0. The van der Waals surface area contributed by atoms with E-state index in [9.17, 15) is 0 Å². The van der Waals surface area contributed by atoms with Gasteiger partial charge in [0.05, 0.1) is 0 Å². The van der Waals surface area contributed by atoms with Crippen LogP contribution in [0.4, 0.5) is 0 Å². The molecule has 0 N–H and O–H groups in total. The van der Waals surface area contributed by atoms with Crippen LogP contribution in [0.3, 0.4) is 0 Å². The van der Waals surface area contributed by atoms with Crippen molar-refractivity contribution in [3.05, 3.63) is 0 Å². The molecule has 0 aliphatic carbocycles. The molecule has 0 amide bonds. The van der Waals surface area contributed by atoms with Crippen molar-refractivity contribution in [3.63, 3.8) is 0 Å². The first-order chi connectivity index (χ1) is 10.2. The molecule has 3 nitrogen and oxygen atoms in total. The van der Waals surface area contributed by atoms with Crippen LogP contribution < -0.4 is 0 Å². The Hall–Kier alpha value is -0.120. The van der Waals surface area contributed by atoms with Crippen LogP contribution in [0.1, 0.15) is 78.1 Å². The molecule has 0 aromatic rings. The number of ether oxygens (including phenoxy) is 3. The lowest BCUT2D eigenvalue weighted by Crippen LogP contribution is -2.41. The Balaban J connectivity index is 4.30. The maximum atomic E-state index is 5.76. The van der Waals surface area contributed by atoms with Crippen LogP contribution in [0.2, 0.25) is 0 Å². The highest BCUT2D eigenvalue weighted by Crippen LogP contribution is 2.34. The third-order valence-corrected chi connectivity index (χ3v) is 4.61. The third kappa shape index (κ3) is 8.18. The molecule has 0 aliphatic heterocycles. The van der Waals surface area contributed by atoms with Crippen molar-refractivity contribution in [1.29, 1.82) is 0 Å². The van der Waals surface area contributed by atoms with Gasteiger partial charge in [-0.2, -0.15) is 0 Å². The number of rotatable bonds is 15. The molecule has 0 heterocycles. The van der Waals surface area contributed by atoms with Gasteiger partial charge in [-0.25, -0.2) is 0 Å². The summed E-state index contributed by atoms with van der Waals surface area (Å²) in [6.45, 7) is 5.23. The highest BCUT2D eigenvalue weighted by Gasteiger charge is 2.36. The standard InChI is InChI=1S/C18H38O3/c1-6-8-9-10-11-12-14-17(15-13-16-19-3)18(7-2,20-4)21-5/h17H,6-16H2,1-5H3. The quantitative estimate of drug-likeness (QED) is 0.308. The summed E-state index contributed by atoms with van der Waals surface area (Å²) in [7, 11) is 5.32. The van der Waals surface area contributed by atoms with E-state index < -0.39 is 5.79 Å². The second-order valence-electron chi connectivity index (χ2n) is 5.96. The van der Waals surface area contributed by atoms with Crippen molar-refractivity contribution in [2.75, 3.05) is 27.9 Å². The van der Waals surface area contributed by atoms with Crippen LogP contribution in [-0.4, -0.2) is 33.7 Å². The number of methoxy groups -OCH3 is 3. The Kier molecular flexibility index (Phi) is 13.5. The Bertz CT molecular complexity index is 206. The summed E-state index contributed by atoms with van der Waals surface area (Å²) in [6, 6.07) is 0. The minimum absolute atomic E-state index is 0.419. The van der Waals surface area contributed by atoms with E-state index in [4.69, 9.17) is 14.2 Å². The fourth-order valence-corrected chi connectivity index (χ4v) is 3.22. The van der Waals surface area contributed by atoms with Gasteiger partial charge in [-0.15, -0.1) is 0 Å². The van der Waals surface area contributed by atoms with Crippen LogP contribution >= 0.6 is 0 Å². The summed E-state index contributed by atoms with van der Waals surface area (Å²) < 4.78 is 16.7. The molecule has 3 heteroatoms. The molecule has 0 aromatic carbocycles. The first kappa shape index (κ1) is 20.9. The molecule has 1 unspecified atom stereocenters. The summed E-state index contributed by atoms with van der Waals surface area (Å²) in [4.78, 5) is 0. The molecule has 0 aromatic heterocycles. The molecule has 0 fully saturated rings. The molecule has 0 aliphatic rings. The minimum atomic E-state index is -0.419. The molecule has 0 spiro atoms. The molecule has 0 rings (SSSR count). The maximum Gasteiger partial charge on any atom is 0.170 e. The van der Waals surface area contributed by atoms with Crippen molar-refractivity contribution in [3.8, 4) is 0 Å². The van der Waals surface area contributed by atoms with Crippen molar-refractivity contribution >= 4 is 0 Å². The lowest BCUT2D eigenvalue weighted by atomic mass is 9.86. The highest BCUT2D eigenvalue weighted by molar-refractivity contribution is 4.78. The van der Waals surface area contributed by atoms with E-state index >= 15 is 0 Å². The van der Waals surface area contributed by atoms with Crippen molar-refractivity contribution in [2.24, 2.45) is 5.92 Å². The minimum Gasteiger partial charge on any atom is -0.385 e. The summed E-state index contributed by atoms with van der Waals surface area (Å²) in [5.41, 5.74) is 0. The van der Waals surface area contributed by atoms with Gasteiger partial charge in [0, 0.05) is 33.9 Å². The predicted octanol–water partition coefficient (Wildman–Crippen LogP) is 5.18. The fraction of sp³-hybridized carbons (Fsp3) is 1.00. The van der Waals surface area contributed by atoms with Gasteiger partial charge >= 0.3 is 0 Å². The van der Waals surface area contributed by atoms with Crippen LogP contribution in [0.5, 0.6) is 0 Å². The van der Waals surface area contributed by atoms with E-state index in [0.29, 0.717) is 5.92 Å². The van der Waals surface area contributed by atoms with Gasteiger partial charge in [-0.1, -0.05) is 52.4 Å². The second kappa shape index (κ2) is 13.5. The highest BCUT2D eigenvalue weighted by atomic mass is 16.7. The zero-order chi connectivity index (χ0) is 16.0. The van der Waals surface area contributed by atoms with Crippen LogP contribution in [0.15, 0.2) is 0 Å². The Morgan fingerprint density at radius 2 is 1.33 bits per heavy atom. The maximum absolute atomic E-state index is 5.76. The molecule has 21 heavy (non-hydrogen) atoms. The van der Waals surface area contributed by atoms with E-state index in [1.54, 1.807) is 21.3 Å². The predicted molar refractivity (Wildman–Crippen MR) is 89.6 cm³/mol. The Morgan fingerprint density at radius 1 is 0.762 bits per heavy atom. The first-order valence-electron chi connectivity index (χ1n) is 8.79. The molecular formula is C18H38O3. The zero-order valence-corrected chi connectivity index (χ0v) is 15.1. The summed E-state index contributed by atoms with van der Waals surface area (Å²) in [5, 5.41) is 0. The van der Waals surface area contributed by atoms with Crippen molar-refractivity contribution in [1.82, 2.24) is 0 Å². The molecule has 0 radical (unpaired) electrons. The van der Waals surface area contributed by atoms with Gasteiger partial charge in [0.1, 0.15) is 0 Å². The lowest BCUT2D eigenvalue weighted by Gasteiger charge is -2.38. The van der Waals surface area contributed by atoms with E-state index in [1.165, 1.54) is 44.9 Å². The van der Waals surface area contributed by atoms with Gasteiger partial charge < -0.3 is 14.2 Å². The second-order valence-corrected chi connectivity index (χ2v) is 5.96. The van der Waals surface area contributed by atoms with E-state index in [1.807, 2.05) is 0 Å². The van der Waals surface area contributed by atoms with Crippen LogP contribution in [-0.2, 0) is 14.2 Å². The van der Waals surface area contributed by atoms with E-state index in [-0.39, 0.29) is 0 Å². The Labute approximate surface area is 132 Å². The molecule has 1 atom stereocenters. The van der Waals surface area contributed by atoms with Gasteiger partial charge in [0.2, 0.25) is 0 Å².